The summed E-state index contributed by atoms with van der Waals surface area (Å²) in [6.07, 6.45) is 2.38. The molecular formula is C24H23N2O3P. The highest BCUT2D eigenvalue weighted by Crippen LogP contribution is 2.51. The molecule has 3 aromatic rings. The van der Waals surface area contributed by atoms with Crippen LogP contribution >= 0.6 is 7.75 Å². The predicted octanol–water partition coefficient (Wildman–Crippen LogP) is 6.07. The second kappa shape index (κ2) is 8.60. The predicted molar refractivity (Wildman–Crippen MR) is 120 cm³/mol. The van der Waals surface area contributed by atoms with Crippen molar-refractivity contribution in [2.75, 3.05) is 7.05 Å². The molecule has 1 heterocycles. The third-order valence-corrected chi connectivity index (χ3v) is 6.29. The van der Waals surface area contributed by atoms with Crippen molar-refractivity contribution >= 4 is 13.6 Å². The molecule has 0 saturated heterocycles. The van der Waals surface area contributed by atoms with E-state index < -0.39 is 7.75 Å². The first-order valence-corrected chi connectivity index (χ1v) is 11.2. The number of hydrogen-bond donors (Lipinski definition) is 0. The average molecular weight is 418 g/mol. The van der Waals surface area contributed by atoms with Crippen LogP contribution in [0.25, 0.3) is 0 Å². The summed E-state index contributed by atoms with van der Waals surface area (Å²) in [6.45, 7) is 3.97. The zero-order valence-electron chi connectivity index (χ0n) is 16.7. The fourth-order valence-corrected chi connectivity index (χ4v) is 4.86. The van der Waals surface area contributed by atoms with Crippen molar-refractivity contribution < 1.29 is 13.6 Å². The summed E-state index contributed by atoms with van der Waals surface area (Å²) in [5, 5.41) is 0. The van der Waals surface area contributed by atoms with Crippen LogP contribution in [0.2, 0.25) is 0 Å². The molecule has 0 bridgehead atoms. The Morgan fingerprint density at radius 1 is 0.933 bits per heavy atom. The molecule has 30 heavy (non-hydrogen) atoms. The van der Waals surface area contributed by atoms with Crippen molar-refractivity contribution in [2.24, 2.45) is 4.76 Å². The van der Waals surface area contributed by atoms with Crippen molar-refractivity contribution in [1.82, 2.24) is 4.90 Å². The first-order valence-electron chi connectivity index (χ1n) is 9.69. The van der Waals surface area contributed by atoms with E-state index in [-0.39, 0.29) is 6.04 Å². The third kappa shape index (κ3) is 4.32. The van der Waals surface area contributed by atoms with E-state index in [2.05, 4.69) is 23.5 Å². The molecule has 4 rings (SSSR count). The summed E-state index contributed by atoms with van der Waals surface area (Å²) in [6, 6.07) is 25.9. The quantitative estimate of drug-likeness (QED) is 0.360. The van der Waals surface area contributed by atoms with Crippen LogP contribution in [0, 0.1) is 0 Å². The van der Waals surface area contributed by atoms with E-state index in [1.807, 2.05) is 66.6 Å². The van der Waals surface area contributed by atoms with Gasteiger partial charge >= 0.3 is 7.75 Å². The van der Waals surface area contributed by atoms with Gasteiger partial charge in [-0.2, -0.15) is 0 Å². The molecule has 6 heteroatoms. The van der Waals surface area contributed by atoms with Gasteiger partial charge in [0.25, 0.3) is 0 Å². The van der Waals surface area contributed by atoms with Crippen LogP contribution in [0.4, 0.5) is 0 Å². The Morgan fingerprint density at radius 3 is 2.03 bits per heavy atom. The molecule has 3 aromatic carbocycles. The molecule has 0 saturated carbocycles. The second-order valence-corrected chi connectivity index (χ2v) is 8.46. The molecule has 0 spiro atoms. The van der Waals surface area contributed by atoms with Crippen LogP contribution in [0.1, 0.15) is 17.2 Å². The molecule has 152 valence electrons. The number of para-hydroxylation sites is 2. The van der Waals surface area contributed by atoms with Crippen molar-refractivity contribution in [2.45, 2.75) is 12.5 Å². The number of rotatable bonds is 6. The van der Waals surface area contributed by atoms with Crippen molar-refractivity contribution in [1.29, 1.82) is 0 Å². The number of nitrogens with zero attached hydrogens (tertiary/aromatic N) is 2. The van der Waals surface area contributed by atoms with Crippen LogP contribution in [0.15, 0.2) is 102 Å². The second-order valence-electron chi connectivity index (χ2n) is 6.96. The summed E-state index contributed by atoms with van der Waals surface area (Å²) in [5.41, 5.74) is 2.28. The number of benzene rings is 3. The molecule has 5 nitrogen and oxygen atoms in total. The zero-order chi connectivity index (χ0) is 21.0. The highest BCUT2D eigenvalue weighted by Gasteiger charge is 2.33. The lowest BCUT2D eigenvalue weighted by molar-refractivity contribution is 0.381. The molecule has 0 N–H and O–H groups in total. The highest BCUT2D eigenvalue weighted by atomic mass is 31.2. The number of amidine groups is 1. The molecule has 0 amide bonds. The molecule has 1 aliphatic heterocycles. The smallest absolute Gasteiger partial charge is 0.399 e. The summed E-state index contributed by atoms with van der Waals surface area (Å²) < 4.78 is 29.9. The normalized spacial score (nSPS) is 17.3. The van der Waals surface area contributed by atoms with Crippen LogP contribution in [0.5, 0.6) is 11.5 Å². The first-order chi connectivity index (χ1) is 14.6. The number of likely N-dealkylation sites (N-methyl/N-ethyl adjacent to an activating group) is 1. The van der Waals surface area contributed by atoms with Gasteiger partial charge in [-0.05, 0) is 35.4 Å². The van der Waals surface area contributed by atoms with Crippen LogP contribution in [-0.4, -0.2) is 17.8 Å². The minimum Gasteiger partial charge on any atom is -0.399 e. The van der Waals surface area contributed by atoms with Gasteiger partial charge in [-0.3, -0.25) is 0 Å². The number of hydrogen-bond acceptors (Lipinski definition) is 3. The Kier molecular flexibility index (Phi) is 5.73. The molecule has 1 atom stereocenters. The van der Waals surface area contributed by atoms with Gasteiger partial charge in [0.1, 0.15) is 17.3 Å². The SMILES string of the molecule is C=CC1c2ccccc2C/C(=N/P(=O)(Oc2ccccc2)Oc2ccccc2)N1C. The maximum atomic E-state index is 13.8. The molecule has 1 unspecified atom stereocenters. The van der Waals surface area contributed by atoms with Gasteiger partial charge in [-0.1, -0.05) is 66.7 Å². The van der Waals surface area contributed by atoms with E-state index >= 15 is 0 Å². The van der Waals surface area contributed by atoms with E-state index in [9.17, 15) is 4.57 Å². The average Bonchev–Trinajstić information content (AvgIpc) is 2.75. The van der Waals surface area contributed by atoms with Gasteiger partial charge in [0.05, 0.1) is 6.04 Å². The summed E-state index contributed by atoms with van der Waals surface area (Å²) in [7, 11) is -1.99. The highest BCUT2D eigenvalue weighted by molar-refractivity contribution is 7.53. The Morgan fingerprint density at radius 2 is 1.47 bits per heavy atom. The number of fused-ring (bicyclic) bond motifs is 1. The molecule has 0 radical (unpaired) electrons. The summed E-state index contributed by atoms with van der Waals surface area (Å²) >= 11 is 0. The Hall–Kier alpha value is -3.30. The largest absolute Gasteiger partial charge is 0.564 e. The van der Waals surface area contributed by atoms with E-state index in [4.69, 9.17) is 9.05 Å². The Bertz CT molecular complexity index is 1050. The maximum absolute atomic E-state index is 13.8. The minimum absolute atomic E-state index is 0.0735. The van der Waals surface area contributed by atoms with Gasteiger partial charge in [0.15, 0.2) is 0 Å². The fourth-order valence-electron chi connectivity index (χ4n) is 3.47. The van der Waals surface area contributed by atoms with Gasteiger partial charge in [0.2, 0.25) is 0 Å². The van der Waals surface area contributed by atoms with Crippen molar-refractivity contribution in [3.05, 3.63) is 109 Å². The van der Waals surface area contributed by atoms with Gasteiger partial charge in [0, 0.05) is 13.5 Å². The first kappa shape index (κ1) is 20.0. The van der Waals surface area contributed by atoms with Crippen LogP contribution < -0.4 is 9.05 Å². The molecule has 1 aliphatic rings. The van der Waals surface area contributed by atoms with Gasteiger partial charge in [-0.25, -0.2) is 4.57 Å². The summed E-state index contributed by atoms with van der Waals surface area (Å²) in [5.74, 6) is 1.48. The standard InChI is InChI=1S/C24H23N2O3P/c1-3-23-22-17-11-10-12-19(22)18-24(26(23)2)25-30(27,28-20-13-6-4-7-14-20)29-21-15-8-5-9-16-21/h3-17,23H,1,18H2,2H3/b25-24-. The van der Waals surface area contributed by atoms with E-state index in [1.165, 1.54) is 0 Å². The molecular weight excluding hydrogens is 395 g/mol. The van der Waals surface area contributed by atoms with E-state index in [1.54, 1.807) is 24.3 Å². The summed E-state index contributed by atoms with van der Waals surface area (Å²) in [4.78, 5) is 1.96. The lowest BCUT2D eigenvalue weighted by Gasteiger charge is -2.35. The molecule has 0 fully saturated rings. The van der Waals surface area contributed by atoms with E-state index in [0.717, 1.165) is 11.1 Å². The Labute approximate surface area is 176 Å². The maximum Gasteiger partial charge on any atom is 0.564 e. The monoisotopic (exact) mass is 418 g/mol. The zero-order valence-corrected chi connectivity index (χ0v) is 17.6. The minimum atomic E-state index is -3.91. The van der Waals surface area contributed by atoms with Crippen LogP contribution in [-0.2, 0) is 11.0 Å². The van der Waals surface area contributed by atoms with Gasteiger partial charge in [-0.15, -0.1) is 11.3 Å². The van der Waals surface area contributed by atoms with E-state index in [0.29, 0.717) is 23.8 Å². The lowest BCUT2D eigenvalue weighted by Crippen LogP contribution is -2.36. The third-order valence-electron chi connectivity index (χ3n) is 4.94. The topological polar surface area (TPSA) is 51.1 Å². The van der Waals surface area contributed by atoms with Crippen molar-refractivity contribution in [3.8, 4) is 11.5 Å². The van der Waals surface area contributed by atoms with Crippen molar-refractivity contribution in [3.63, 3.8) is 0 Å². The fraction of sp³-hybridized carbons (Fsp3) is 0.125. The van der Waals surface area contributed by atoms with Crippen LogP contribution in [0.3, 0.4) is 0 Å². The van der Waals surface area contributed by atoms with Gasteiger partial charge < -0.3 is 13.9 Å². The lowest BCUT2D eigenvalue weighted by atomic mass is 9.92. The molecule has 0 aromatic heterocycles. The molecule has 0 aliphatic carbocycles. The Balaban J connectivity index is 1.74.